The van der Waals surface area contributed by atoms with Crippen LogP contribution in [0.15, 0.2) is 83.7 Å². The molecule has 0 atom stereocenters. The lowest BCUT2D eigenvalue weighted by Gasteiger charge is -2.10. The van der Waals surface area contributed by atoms with Gasteiger partial charge in [-0.2, -0.15) is 30.4 Å². The third-order valence-electron chi connectivity index (χ3n) is 5.30. The van der Waals surface area contributed by atoms with Crippen LogP contribution >= 0.6 is 0 Å². The monoisotopic (exact) mass is 678 g/mol. The highest BCUT2D eigenvalue weighted by Gasteiger charge is 2.23. The Morgan fingerprint density at radius 2 is 1.28 bits per heavy atom. The van der Waals surface area contributed by atoms with E-state index >= 15 is 0 Å². The summed E-state index contributed by atoms with van der Waals surface area (Å²) in [5, 5.41) is 15.1. The Hall–Kier alpha value is -3.90. The fourth-order valence-electron chi connectivity index (χ4n) is 3.28. The van der Waals surface area contributed by atoms with Crippen LogP contribution in [0.25, 0.3) is 0 Å². The number of nitrogen functional groups attached to an aromatic ring is 2. The molecule has 0 aliphatic carbocycles. The Kier molecular flexibility index (Phi) is 9.67. The Morgan fingerprint density at radius 3 is 1.84 bits per heavy atom. The van der Waals surface area contributed by atoms with Crippen molar-refractivity contribution in [3.8, 4) is 0 Å². The van der Waals surface area contributed by atoms with Crippen LogP contribution in [0.3, 0.4) is 0 Å². The van der Waals surface area contributed by atoms with Gasteiger partial charge in [0.1, 0.15) is 26.9 Å². The molecule has 0 amide bonds. The van der Waals surface area contributed by atoms with Crippen LogP contribution in [-0.2, 0) is 44.7 Å². The first kappa shape index (κ1) is 33.6. The van der Waals surface area contributed by atoms with Gasteiger partial charge in [-0.05, 0) is 55.0 Å². The standard InChI is InChI=1S/C21H22N6O12S4/c1-12-2-7-15(17(10-12)41(30,31)32)25-26-16-11-18(42(33,34)35)20(23)21(19(16)22)27-24-13-3-5-14(6-4-13)40(28,29)9-8-39-43(36,37)38/h2-7,10-11H,8-9,22-23H2,1H3,(H,30,31,32)(H,33,34,35)(H,36,37,38). The van der Waals surface area contributed by atoms with E-state index in [0.717, 1.165) is 24.3 Å². The Morgan fingerprint density at radius 1 is 0.698 bits per heavy atom. The van der Waals surface area contributed by atoms with Crippen molar-refractivity contribution in [3.63, 3.8) is 0 Å². The van der Waals surface area contributed by atoms with Gasteiger partial charge in [-0.1, -0.05) is 6.07 Å². The van der Waals surface area contributed by atoms with Crippen molar-refractivity contribution in [2.24, 2.45) is 20.5 Å². The van der Waals surface area contributed by atoms with Gasteiger partial charge in [-0.3, -0.25) is 13.7 Å². The number of nitrogens with two attached hydrogens (primary N) is 2. The molecule has 0 saturated heterocycles. The van der Waals surface area contributed by atoms with E-state index in [1.807, 2.05) is 0 Å². The second-order valence-corrected chi connectivity index (χ2v) is 14.4. The van der Waals surface area contributed by atoms with Crippen LogP contribution in [0.4, 0.5) is 34.1 Å². The topological polar surface area (TPSA) is 308 Å². The van der Waals surface area contributed by atoms with Crippen LogP contribution in [-0.4, -0.2) is 59.7 Å². The molecular weight excluding hydrogens is 657 g/mol. The molecule has 0 unspecified atom stereocenters. The minimum atomic E-state index is -4.99. The smallest absolute Gasteiger partial charge is 0.396 e. The normalized spacial score (nSPS) is 13.2. The van der Waals surface area contributed by atoms with Crippen LogP contribution in [0, 0.1) is 6.92 Å². The van der Waals surface area contributed by atoms with Crippen molar-refractivity contribution in [2.75, 3.05) is 23.8 Å². The number of azo groups is 2. The summed E-state index contributed by atoms with van der Waals surface area (Å²) in [6.45, 7) is 0.713. The second-order valence-electron chi connectivity index (χ2n) is 8.45. The zero-order chi connectivity index (χ0) is 32.4. The van der Waals surface area contributed by atoms with E-state index in [1.165, 1.54) is 24.3 Å². The van der Waals surface area contributed by atoms with Crippen molar-refractivity contribution >= 4 is 74.6 Å². The molecule has 0 saturated carbocycles. The predicted octanol–water partition coefficient (Wildman–Crippen LogP) is 3.08. The number of hydrogen-bond donors (Lipinski definition) is 5. The van der Waals surface area contributed by atoms with Gasteiger partial charge in [-0.25, -0.2) is 12.6 Å². The molecule has 0 heterocycles. The molecule has 0 aliphatic heterocycles. The number of anilines is 2. The molecular formula is C21H22N6O12S4. The molecule has 22 heteroatoms. The van der Waals surface area contributed by atoms with Crippen molar-refractivity contribution in [1.29, 1.82) is 0 Å². The van der Waals surface area contributed by atoms with Crippen molar-refractivity contribution < 1.29 is 51.5 Å². The number of benzene rings is 3. The van der Waals surface area contributed by atoms with Gasteiger partial charge in [0.15, 0.2) is 9.84 Å². The summed E-state index contributed by atoms with van der Waals surface area (Å²) in [7, 11) is -18.6. The van der Waals surface area contributed by atoms with Gasteiger partial charge in [0.2, 0.25) is 0 Å². The molecule has 3 rings (SSSR count). The lowest BCUT2D eigenvalue weighted by atomic mass is 10.2. The molecule has 0 bridgehead atoms. The molecule has 0 aliphatic rings. The van der Waals surface area contributed by atoms with Crippen molar-refractivity contribution in [3.05, 3.63) is 54.1 Å². The highest BCUT2D eigenvalue weighted by molar-refractivity contribution is 7.91. The Labute approximate surface area is 245 Å². The first-order valence-corrected chi connectivity index (χ1v) is 17.1. The second kappa shape index (κ2) is 12.4. The Balaban J connectivity index is 2.01. The molecule has 0 spiro atoms. The largest absolute Gasteiger partial charge is 0.397 e. The molecule has 0 aromatic heterocycles. The molecule has 3 aromatic carbocycles. The molecule has 43 heavy (non-hydrogen) atoms. The minimum Gasteiger partial charge on any atom is -0.396 e. The first-order chi connectivity index (χ1) is 19.7. The van der Waals surface area contributed by atoms with E-state index in [0.29, 0.717) is 5.56 Å². The maximum Gasteiger partial charge on any atom is 0.397 e. The third-order valence-corrected chi connectivity index (χ3v) is 9.24. The summed E-state index contributed by atoms with van der Waals surface area (Å²) < 4.78 is 125. The first-order valence-electron chi connectivity index (χ1n) is 11.2. The number of nitrogens with zero attached hydrogens (tertiary/aromatic N) is 4. The van der Waals surface area contributed by atoms with Gasteiger partial charge in [-0.15, -0.1) is 15.3 Å². The maximum absolute atomic E-state index is 12.3. The van der Waals surface area contributed by atoms with Gasteiger partial charge in [0.05, 0.1) is 34.3 Å². The van der Waals surface area contributed by atoms with Crippen LogP contribution in [0.5, 0.6) is 0 Å². The summed E-state index contributed by atoms with van der Waals surface area (Å²) in [6, 6.07) is 9.06. The number of sulfone groups is 1. The molecule has 232 valence electrons. The molecule has 0 fully saturated rings. The molecule has 7 N–H and O–H groups in total. The van der Waals surface area contributed by atoms with Gasteiger partial charge in [0.25, 0.3) is 20.2 Å². The Bertz CT molecular complexity index is 2060. The van der Waals surface area contributed by atoms with Gasteiger partial charge < -0.3 is 11.5 Å². The van der Waals surface area contributed by atoms with E-state index in [2.05, 4.69) is 24.6 Å². The molecule has 0 radical (unpaired) electrons. The zero-order valence-electron chi connectivity index (χ0n) is 21.6. The number of aryl methyl sites for hydroxylation is 1. The highest BCUT2D eigenvalue weighted by atomic mass is 32.3. The van der Waals surface area contributed by atoms with Crippen LogP contribution in [0.2, 0.25) is 0 Å². The summed E-state index contributed by atoms with van der Waals surface area (Å²) >= 11 is 0. The average Bonchev–Trinajstić information content (AvgIpc) is 2.87. The lowest BCUT2D eigenvalue weighted by molar-refractivity contribution is 0.284. The maximum atomic E-state index is 12.3. The van der Waals surface area contributed by atoms with E-state index in [1.54, 1.807) is 6.92 Å². The lowest BCUT2D eigenvalue weighted by Crippen LogP contribution is -2.15. The van der Waals surface area contributed by atoms with E-state index < -0.39 is 85.4 Å². The van der Waals surface area contributed by atoms with Gasteiger partial charge in [0, 0.05) is 0 Å². The SMILES string of the molecule is Cc1ccc(N=Nc2cc(S(=O)(=O)O)c(N)c(N=Nc3ccc(S(=O)(=O)CCOS(=O)(=O)O)cc3)c2N)c(S(=O)(=O)O)c1. The third kappa shape index (κ3) is 8.80. The van der Waals surface area contributed by atoms with Crippen molar-refractivity contribution in [1.82, 2.24) is 0 Å². The van der Waals surface area contributed by atoms with Crippen molar-refractivity contribution in [2.45, 2.75) is 21.6 Å². The quantitative estimate of drug-likeness (QED) is 0.111. The minimum absolute atomic E-state index is 0.00446. The van der Waals surface area contributed by atoms with E-state index in [9.17, 15) is 42.8 Å². The number of hydrogen-bond acceptors (Lipinski definition) is 15. The zero-order valence-corrected chi connectivity index (χ0v) is 24.9. The van der Waals surface area contributed by atoms with Gasteiger partial charge >= 0.3 is 10.4 Å². The fraction of sp³-hybridized carbons (Fsp3) is 0.143. The summed E-state index contributed by atoms with van der Waals surface area (Å²) in [5.41, 5.74) is 10.1. The number of rotatable bonds is 11. The summed E-state index contributed by atoms with van der Waals surface area (Å²) in [5.74, 6) is -0.783. The molecule has 18 nitrogen and oxygen atoms in total. The average molecular weight is 679 g/mol. The predicted molar refractivity (Wildman–Crippen MR) is 150 cm³/mol. The van der Waals surface area contributed by atoms with E-state index in [-0.39, 0.29) is 16.3 Å². The fourth-order valence-corrected chi connectivity index (χ4v) is 6.11. The summed E-state index contributed by atoms with van der Waals surface area (Å²) in [4.78, 5) is -1.76. The van der Waals surface area contributed by atoms with Crippen LogP contribution in [0.1, 0.15) is 5.56 Å². The highest BCUT2D eigenvalue weighted by Crippen LogP contribution is 2.43. The molecule has 3 aromatic rings. The summed E-state index contributed by atoms with van der Waals surface area (Å²) in [6.07, 6.45) is 0. The van der Waals surface area contributed by atoms with Crippen LogP contribution < -0.4 is 11.5 Å². The van der Waals surface area contributed by atoms with E-state index in [4.69, 9.17) is 16.0 Å².